The Balaban J connectivity index is 2.19. The lowest BCUT2D eigenvalue weighted by atomic mass is 10.0. The van der Waals surface area contributed by atoms with Gasteiger partial charge in [-0.1, -0.05) is 74.5 Å². The molecule has 2 rings (SSSR count). The van der Waals surface area contributed by atoms with Crippen molar-refractivity contribution in [3.63, 3.8) is 0 Å². The standard InChI is InChI=1S/C29H36ClN3O7/c1-19(2)14-23(32-28(37)25(31-20(3)34)18-39-26(35)16-30)27(36)33-24(15-21-10-6-4-7-11-21)29(38)40-17-22-12-8-5-9-13-22/h4-13,19,23-25H,14-18H2,1-3H3,(H,31,34)(H,32,37)(H,33,36)/t23?,24-,25-/m0/s1. The van der Waals surface area contributed by atoms with Gasteiger partial charge >= 0.3 is 11.9 Å². The molecule has 3 atom stereocenters. The second kappa shape index (κ2) is 16.9. The van der Waals surface area contributed by atoms with Crippen LogP contribution in [0.4, 0.5) is 0 Å². The number of esters is 2. The minimum Gasteiger partial charge on any atom is -0.462 e. The first-order valence-electron chi connectivity index (χ1n) is 12.9. The first kappa shape index (κ1) is 32.3. The number of hydrogen-bond donors (Lipinski definition) is 3. The first-order chi connectivity index (χ1) is 19.1. The number of rotatable bonds is 15. The van der Waals surface area contributed by atoms with Gasteiger partial charge in [0.05, 0.1) is 0 Å². The van der Waals surface area contributed by atoms with Crippen molar-refractivity contribution in [1.29, 1.82) is 0 Å². The average Bonchev–Trinajstić information content (AvgIpc) is 2.93. The van der Waals surface area contributed by atoms with E-state index < -0.39 is 60.3 Å². The van der Waals surface area contributed by atoms with Crippen LogP contribution in [0.15, 0.2) is 60.7 Å². The normalized spacial score (nSPS) is 12.9. The summed E-state index contributed by atoms with van der Waals surface area (Å²) in [5, 5.41) is 7.76. The van der Waals surface area contributed by atoms with E-state index >= 15 is 0 Å². The highest BCUT2D eigenvalue weighted by Gasteiger charge is 2.31. The molecule has 3 amide bonds. The van der Waals surface area contributed by atoms with E-state index in [1.165, 1.54) is 6.92 Å². The molecular weight excluding hydrogens is 538 g/mol. The van der Waals surface area contributed by atoms with Gasteiger partial charge in [0.25, 0.3) is 0 Å². The van der Waals surface area contributed by atoms with Crippen molar-refractivity contribution in [1.82, 2.24) is 16.0 Å². The Hall–Kier alpha value is -3.92. The molecule has 0 fully saturated rings. The highest BCUT2D eigenvalue weighted by atomic mass is 35.5. The molecule has 0 aliphatic rings. The van der Waals surface area contributed by atoms with Crippen LogP contribution in [0.1, 0.15) is 38.3 Å². The number of carbonyl (C=O) groups excluding carboxylic acids is 5. The van der Waals surface area contributed by atoms with Gasteiger partial charge in [-0.25, -0.2) is 4.79 Å². The van der Waals surface area contributed by atoms with Crippen molar-refractivity contribution in [3.05, 3.63) is 71.8 Å². The van der Waals surface area contributed by atoms with Crippen molar-refractivity contribution >= 4 is 41.3 Å². The van der Waals surface area contributed by atoms with Gasteiger partial charge in [-0.05, 0) is 23.5 Å². The van der Waals surface area contributed by atoms with E-state index in [0.29, 0.717) is 0 Å². The van der Waals surface area contributed by atoms with Crippen molar-refractivity contribution in [2.24, 2.45) is 5.92 Å². The van der Waals surface area contributed by atoms with E-state index in [2.05, 4.69) is 16.0 Å². The molecule has 0 aliphatic heterocycles. The summed E-state index contributed by atoms with van der Waals surface area (Å²) in [6.45, 7) is 4.52. The highest BCUT2D eigenvalue weighted by Crippen LogP contribution is 2.10. The predicted octanol–water partition coefficient (Wildman–Crippen LogP) is 2.27. The SMILES string of the molecule is CC(=O)N[C@@H](COC(=O)CCl)C(=O)NC(CC(C)C)C(=O)N[C@@H](Cc1ccccc1)C(=O)OCc1ccccc1. The number of carbonyl (C=O) groups is 5. The van der Waals surface area contributed by atoms with Gasteiger partial charge in [0.1, 0.15) is 37.2 Å². The Labute approximate surface area is 239 Å². The maximum absolute atomic E-state index is 13.4. The molecule has 40 heavy (non-hydrogen) atoms. The third-order valence-electron chi connectivity index (χ3n) is 5.66. The number of ether oxygens (including phenoxy) is 2. The molecule has 3 N–H and O–H groups in total. The lowest BCUT2D eigenvalue weighted by molar-refractivity contribution is -0.149. The Bertz CT molecular complexity index is 1130. The zero-order chi connectivity index (χ0) is 29.5. The maximum atomic E-state index is 13.4. The summed E-state index contributed by atoms with van der Waals surface area (Å²) in [6.07, 6.45) is 0.411. The molecule has 0 saturated carbocycles. The lowest BCUT2D eigenvalue weighted by Gasteiger charge is -2.26. The van der Waals surface area contributed by atoms with Gasteiger partial charge in [0.2, 0.25) is 17.7 Å². The number of amides is 3. The number of nitrogens with one attached hydrogen (secondary N) is 3. The maximum Gasteiger partial charge on any atom is 0.329 e. The quantitative estimate of drug-likeness (QED) is 0.219. The molecule has 216 valence electrons. The van der Waals surface area contributed by atoms with Gasteiger partial charge in [-0.15, -0.1) is 11.6 Å². The number of alkyl halides is 1. The van der Waals surface area contributed by atoms with Gasteiger partial charge in [0, 0.05) is 13.3 Å². The Morgan fingerprint density at radius 1 is 0.750 bits per heavy atom. The molecule has 0 aromatic heterocycles. The van der Waals surface area contributed by atoms with Crippen LogP contribution < -0.4 is 16.0 Å². The highest BCUT2D eigenvalue weighted by molar-refractivity contribution is 6.26. The molecule has 0 radical (unpaired) electrons. The third kappa shape index (κ3) is 11.9. The van der Waals surface area contributed by atoms with Crippen molar-refractivity contribution in [3.8, 4) is 0 Å². The Kier molecular flexibility index (Phi) is 13.7. The van der Waals surface area contributed by atoms with E-state index in [4.69, 9.17) is 21.1 Å². The largest absolute Gasteiger partial charge is 0.462 e. The number of hydrogen-bond acceptors (Lipinski definition) is 7. The molecule has 2 aromatic rings. The van der Waals surface area contributed by atoms with E-state index in [1.807, 2.05) is 74.5 Å². The predicted molar refractivity (Wildman–Crippen MR) is 149 cm³/mol. The summed E-state index contributed by atoms with van der Waals surface area (Å²) < 4.78 is 10.4. The molecule has 0 heterocycles. The molecule has 2 aromatic carbocycles. The fraction of sp³-hybridized carbons (Fsp3) is 0.414. The van der Waals surface area contributed by atoms with Crippen LogP contribution in [-0.4, -0.2) is 60.3 Å². The fourth-order valence-electron chi connectivity index (χ4n) is 3.76. The molecule has 1 unspecified atom stereocenters. The summed E-state index contributed by atoms with van der Waals surface area (Å²) in [6, 6.07) is 15.0. The van der Waals surface area contributed by atoms with Crippen molar-refractivity contribution in [2.75, 3.05) is 12.5 Å². The second-order valence-electron chi connectivity index (χ2n) is 9.60. The zero-order valence-corrected chi connectivity index (χ0v) is 23.6. The van der Waals surface area contributed by atoms with Gasteiger partial charge in [-0.3, -0.25) is 19.2 Å². The first-order valence-corrected chi connectivity index (χ1v) is 13.5. The van der Waals surface area contributed by atoms with Crippen molar-refractivity contribution in [2.45, 2.75) is 58.3 Å². The molecule has 0 aliphatic carbocycles. The van der Waals surface area contributed by atoms with Crippen LogP contribution in [0.3, 0.4) is 0 Å². The molecule has 0 bridgehead atoms. The fourth-order valence-corrected chi connectivity index (χ4v) is 3.84. The smallest absolute Gasteiger partial charge is 0.329 e. The van der Waals surface area contributed by atoms with Gasteiger partial charge < -0.3 is 25.4 Å². The summed E-state index contributed by atoms with van der Waals surface area (Å²) in [7, 11) is 0. The average molecular weight is 574 g/mol. The second-order valence-corrected chi connectivity index (χ2v) is 9.87. The van der Waals surface area contributed by atoms with Crippen LogP contribution in [-0.2, 0) is 46.5 Å². The van der Waals surface area contributed by atoms with E-state index in [1.54, 1.807) is 0 Å². The van der Waals surface area contributed by atoms with E-state index in [-0.39, 0.29) is 25.4 Å². The summed E-state index contributed by atoms with van der Waals surface area (Å²) in [5.74, 6) is -3.68. The van der Waals surface area contributed by atoms with Crippen LogP contribution in [0.25, 0.3) is 0 Å². The third-order valence-corrected chi connectivity index (χ3v) is 5.88. The minimum absolute atomic E-state index is 0.0121. The molecule has 0 saturated heterocycles. The monoisotopic (exact) mass is 573 g/mol. The number of benzene rings is 2. The Morgan fingerprint density at radius 3 is 1.85 bits per heavy atom. The van der Waals surface area contributed by atoms with E-state index in [9.17, 15) is 24.0 Å². The zero-order valence-electron chi connectivity index (χ0n) is 22.9. The van der Waals surface area contributed by atoms with Crippen LogP contribution in [0, 0.1) is 5.92 Å². The van der Waals surface area contributed by atoms with Crippen LogP contribution in [0.2, 0.25) is 0 Å². The molecular formula is C29H36ClN3O7. The van der Waals surface area contributed by atoms with Crippen molar-refractivity contribution < 1.29 is 33.4 Å². The van der Waals surface area contributed by atoms with Gasteiger partial charge in [-0.2, -0.15) is 0 Å². The summed E-state index contributed by atoms with van der Waals surface area (Å²) >= 11 is 5.44. The topological polar surface area (TPSA) is 140 Å². The Morgan fingerprint density at radius 2 is 1.30 bits per heavy atom. The number of halogens is 1. The summed E-state index contributed by atoms with van der Waals surface area (Å²) in [4.78, 5) is 62.7. The van der Waals surface area contributed by atoms with Gasteiger partial charge in [0.15, 0.2) is 0 Å². The van der Waals surface area contributed by atoms with E-state index in [0.717, 1.165) is 11.1 Å². The van der Waals surface area contributed by atoms with Crippen LogP contribution in [0.5, 0.6) is 0 Å². The molecule has 11 heteroatoms. The minimum atomic E-state index is -1.25. The lowest BCUT2D eigenvalue weighted by Crippen LogP contribution is -2.57. The molecule has 10 nitrogen and oxygen atoms in total. The summed E-state index contributed by atoms with van der Waals surface area (Å²) in [5.41, 5.74) is 1.60. The molecule has 0 spiro atoms. The van der Waals surface area contributed by atoms with Crippen LogP contribution >= 0.6 is 11.6 Å².